The van der Waals surface area contributed by atoms with E-state index in [4.69, 9.17) is 10.5 Å². The average molecular weight is 269 g/mol. The van der Waals surface area contributed by atoms with Gasteiger partial charge in [0.1, 0.15) is 11.3 Å². The molecule has 0 aliphatic rings. The summed E-state index contributed by atoms with van der Waals surface area (Å²) in [7, 11) is 0. The van der Waals surface area contributed by atoms with Gasteiger partial charge < -0.3 is 15.5 Å². The number of fused-ring (bicyclic) bond motifs is 1. The highest BCUT2D eigenvalue weighted by Gasteiger charge is 2.13. The van der Waals surface area contributed by atoms with E-state index in [1.54, 1.807) is 6.33 Å². The second kappa shape index (κ2) is 4.48. The lowest BCUT2D eigenvalue weighted by molar-refractivity contribution is 0.463. The number of H-pyrrole nitrogens is 1. The van der Waals surface area contributed by atoms with E-state index >= 15 is 0 Å². The van der Waals surface area contributed by atoms with Crippen molar-refractivity contribution in [2.75, 3.05) is 5.73 Å². The molecular weight excluding hydrogens is 254 g/mol. The molecule has 3 aromatic rings. The molecule has 0 spiro atoms. The van der Waals surface area contributed by atoms with E-state index in [0.29, 0.717) is 17.0 Å². The second-order valence-corrected chi connectivity index (χ2v) is 4.80. The smallest absolute Gasteiger partial charge is 0.250 e. The van der Waals surface area contributed by atoms with Gasteiger partial charge >= 0.3 is 0 Å². The normalized spacial score (nSPS) is 10.9. The Kier molecular flexibility index (Phi) is 2.78. The van der Waals surface area contributed by atoms with Gasteiger partial charge in [-0.05, 0) is 43.5 Å². The van der Waals surface area contributed by atoms with Gasteiger partial charge in [0.15, 0.2) is 5.65 Å². The number of nitrogen functional groups attached to an aromatic ring is 1. The highest BCUT2D eigenvalue weighted by Crippen LogP contribution is 2.30. The molecule has 0 saturated heterocycles. The van der Waals surface area contributed by atoms with Crippen LogP contribution < -0.4 is 10.5 Å². The lowest BCUT2D eigenvalue weighted by Gasteiger charge is -2.11. The van der Waals surface area contributed by atoms with E-state index in [1.165, 1.54) is 5.56 Å². The van der Waals surface area contributed by atoms with Gasteiger partial charge in [-0.3, -0.25) is 0 Å². The summed E-state index contributed by atoms with van der Waals surface area (Å²) in [6.07, 6.45) is 1.54. The van der Waals surface area contributed by atoms with Crippen molar-refractivity contribution >= 4 is 17.1 Å². The number of aromatic amines is 1. The predicted octanol–water partition coefficient (Wildman–Crippen LogP) is 2.65. The van der Waals surface area contributed by atoms with Crippen molar-refractivity contribution in [1.29, 1.82) is 0 Å². The number of anilines is 1. The fourth-order valence-corrected chi connectivity index (χ4v) is 2.11. The van der Waals surface area contributed by atoms with E-state index in [9.17, 15) is 0 Å². The third-order valence-electron chi connectivity index (χ3n) is 3.24. The van der Waals surface area contributed by atoms with Crippen LogP contribution in [0.3, 0.4) is 0 Å². The van der Waals surface area contributed by atoms with Crippen molar-refractivity contribution in [2.45, 2.75) is 20.8 Å². The van der Waals surface area contributed by atoms with Crippen LogP contribution in [0.15, 0.2) is 18.5 Å². The summed E-state index contributed by atoms with van der Waals surface area (Å²) < 4.78 is 5.92. The number of aromatic nitrogens is 4. The number of aryl methyl sites for hydroxylation is 2. The number of nitrogens with two attached hydrogens (primary N) is 1. The topological polar surface area (TPSA) is 89.7 Å². The third kappa shape index (κ3) is 2.05. The van der Waals surface area contributed by atoms with Crippen LogP contribution in [0.1, 0.15) is 16.7 Å². The number of nitrogens with one attached hydrogen (secondary N) is 1. The van der Waals surface area contributed by atoms with Crippen molar-refractivity contribution in [3.63, 3.8) is 0 Å². The Morgan fingerprint density at radius 1 is 1.15 bits per heavy atom. The summed E-state index contributed by atoms with van der Waals surface area (Å²) >= 11 is 0. The molecule has 0 aliphatic heterocycles. The summed E-state index contributed by atoms with van der Waals surface area (Å²) in [4.78, 5) is 15.2. The number of hydrogen-bond acceptors (Lipinski definition) is 5. The minimum atomic E-state index is 0.140. The number of benzene rings is 1. The molecule has 3 N–H and O–H groups in total. The molecular formula is C14H15N5O. The second-order valence-electron chi connectivity index (χ2n) is 4.80. The molecule has 3 rings (SSSR count). The van der Waals surface area contributed by atoms with Crippen LogP contribution >= 0.6 is 0 Å². The van der Waals surface area contributed by atoms with E-state index in [1.807, 2.05) is 19.9 Å². The molecule has 0 amide bonds. The molecule has 6 heteroatoms. The van der Waals surface area contributed by atoms with Crippen molar-refractivity contribution < 1.29 is 4.74 Å². The maximum absolute atomic E-state index is 5.92. The van der Waals surface area contributed by atoms with Gasteiger partial charge in [-0.25, -0.2) is 4.98 Å². The zero-order valence-electron chi connectivity index (χ0n) is 11.6. The minimum Gasteiger partial charge on any atom is -0.437 e. The van der Waals surface area contributed by atoms with Gasteiger partial charge in [-0.1, -0.05) is 6.07 Å². The molecule has 2 aromatic heterocycles. The Bertz CT molecular complexity index is 794. The molecule has 1 aromatic carbocycles. The number of ether oxygens (including phenoxy) is 1. The van der Waals surface area contributed by atoms with Gasteiger partial charge in [-0.15, -0.1) is 0 Å². The molecule has 102 valence electrons. The summed E-state index contributed by atoms with van der Waals surface area (Å²) in [6, 6.07) is 4.09. The van der Waals surface area contributed by atoms with E-state index in [2.05, 4.69) is 32.9 Å². The number of imidazole rings is 1. The van der Waals surface area contributed by atoms with Crippen molar-refractivity contribution in [2.24, 2.45) is 0 Å². The predicted molar refractivity (Wildman–Crippen MR) is 76.8 cm³/mol. The van der Waals surface area contributed by atoms with E-state index in [-0.39, 0.29) is 5.95 Å². The molecule has 0 saturated carbocycles. The Hall–Kier alpha value is -2.63. The van der Waals surface area contributed by atoms with Gasteiger partial charge in [0.05, 0.1) is 6.33 Å². The Balaban J connectivity index is 2.12. The van der Waals surface area contributed by atoms with Crippen LogP contribution in [-0.2, 0) is 0 Å². The number of hydrogen-bond donors (Lipinski definition) is 2. The van der Waals surface area contributed by atoms with Gasteiger partial charge in [0.25, 0.3) is 5.88 Å². The Labute approximate surface area is 116 Å². The first-order valence-corrected chi connectivity index (χ1v) is 6.27. The zero-order valence-corrected chi connectivity index (χ0v) is 11.6. The fourth-order valence-electron chi connectivity index (χ4n) is 2.11. The molecule has 0 fully saturated rings. The molecule has 0 atom stereocenters. The van der Waals surface area contributed by atoms with Crippen LogP contribution in [0.25, 0.3) is 11.2 Å². The van der Waals surface area contributed by atoms with E-state index < -0.39 is 0 Å². The maximum atomic E-state index is 5.92. The minimum absolute atomic E-state index is 0.140. The van der Waals surface area contributed by atoms with Crippen LogP contribution in [-0.4, -0.2) is 19.9 Å². The standard InChI is InChI=1S/C14H15N5O/c1-7-4-8(2)9(3)10(5-7)20-13-11-12(17-6-16-11)18-14(15)19-13/h4-6H,1-3H3,(H3,15,16,17,18,19). The SMILES string of the molecule is Cc1cc(C)c(C)c(Oc2nc(N)nc3nc[nH]c23)c1. The largest absolute Gasteiger partial charge is 0.437 e. The quantitative estimate of drug-likeness (QED) is 0.746. The van der Waals surface area contributed by atoms with Crippen LogP contribution in [0.2, 0.25) is 0 Å². The van der Waals surface area contributed by atoms with Crippen molar-refractivity contribution in [3.8, 4) is 11.6 Å². The number of rotatable bonds is 2. The zero-order chi connectivity index (χ0) is 14.3. The molecule has 0 unspecified atom stereocenters. The van der Waals surface area contributed by atoms with Gasteiger partial charge in [-0.2, -0.15) is 9.97 Å². The van der Waals surface area contributed by atoms with E-state index in [0.717, 1.165) is 16.9 Å². The Morgan fingerprint density at radius 2 is 1.95 bits per heavy atom. The molecule has 0 radical (unpaired) electrons. The fraction of sp³-hybridized carbons (Fsp3) is 0.214. The first kappa shape index (κ1) is 12.4. The maximum Gasteiger partial charge on any atom is 0.250 e. The number of nitrogens with zero attached hydrogens (tertiary/aromatic N) is 3. The lowest BCUT2D eigenvalue weighted by Crippen LogP contribution is -2.00. The summed E-state index contributed by atoms with van der Waals surface area (Å²) in [5.41, 5.74) is 10.2. The first-order chi connectivity index (χ1) is 9.54. The molecule has 20 heavy (non-hydrogen) atoms. The van der Waals surface area contributed by atoms with Crippen molar-refractivity contribution in [1.82, 2.24) is 19.9 Å². The lowest BCUT2D eigenvalue weighted by atomic mass is 10.1. The van der Waals surface area contributed by atoms with Crippen LogP contribution in [0, 0.1) is 20.8 Å². The van der Waals surface area contributed by atoms with Crippen molar-refractivity contribution in [3.05, 3.63) is 35.2 Å². The first-order valence-electron chi connectivity index (χ1n) is 6.27. The monoisotopic (exact) mass is 269 g/mol. The molecule has 0 aliphatic carbocycles. The van der Waals surface area contributed by atoms with Crippen LogP contribution in [0.5, 0.6) is 11.6 Å². The summed E-state index contributed by atoms with van der Waals surface area (Å²) in [5, 5.41) is 0. The molecule has 6 nitrogen and oxygen atoms in total. The third-order valence-corrected chi connectivity index (χ3v) is 3.24. The molecule has 2 heterocycles. The summed E-state index contributed by atoms with van der Waals surface area (Å²) in [6.45, 7) is 6.09. The average Bonchev–Trinajstić information content (AvgIpc) is 2.83. The highest BCUT2D eigenvalue weighted by molar-refractivity contribution is 5.77. The van der Waals surface area contributed by atoms with Gasteiger partial charge in [0, 0.05) is 0 Å². The Morgan fingerprint density at radius 3 is 2.75 bits per heavy atom. The summed E-state index contributed by atoms with van der Waals surface area (Å²) in [5.74, 6) is 1.29. The van der Waals surface area contributed by atoms with Gasteiger partial charge in [0.2, 0.25) is 5.95 Å². The highest BCUT2D eigenvalue weighted by atomic mass is 16.5. The molecule has 0 bridgehead atoms. The van der Waals surface area contributed by atoms with Crippen LogP contribution in [0.4, 0.5) is 5.95 Å².